The molecule has 3 rings (SSSR count). The first-order valence-electron chi connectivity index (χ1n) is 9.09. The summed E-state index contributed by atoms with van der Waals surface area (Å²) in [7, 11) is 0. The van der Waals surface area contributed by atoms with Gasteiger partial charge in [-0.25, -0.2) is 4.79 Å². The lowest BCUT2D eigenvalue weighted by Gasteiger charge is -2.23. The van der Waals surface area contributed by atoms with Gasteiger partial charge in [0, 0.05) is 6.54 Å². The molecule has 1 amide bonds. The average molecular weight is 356 g/mol. The van der Waals surface area contributed by atoms with E-state index < -0.39 is 5.97 Å². The van der Waals surface area contributed by atoms with E-state index in [1.165, 1.54) is 5.56 Å². The SMILES string of the molecule is CCOC(=O)c1n[nH]nc1C1CCCN1C(=O)Cc1ccc(CC)cc1. The molecular formula is C19H24N4O3. The van der Waals surface area contributed by atoms with E-state index in [0.717, 1.165) is 24.8 Å². The van der Waals surface area contributed by atoms with Gasteiger partial charge in [-0.2, -0.15) is 10.3 Å². The molecule has 1 aromatic heterocycles. The standard InChI is InChI=1S/C19H24N4O3/c1-3-13-7-9-14(10-8-13)12-16(24)23-11-5-6-15(23)17-18(21-22-20-17)19(25)26-4-2/h7-10,15H,3-6,11-12H2,1-2H3,(H,20,21,22). The first-order chi connectivity index (χ1) is 12.6. The van der Waals surface area contributed by atoms with Gasteiger partial charge in [0.1, 0.15) is 5.69 Å². The van der Waals surface area contributed by atoms with E-state index >= 15 is 0 Å². The summed E-state index contributed by atoms with van der Waals surface area (Å²) >= 11 is 0. The molecule has 1 aromatic carbocycles. The number of carbonyl (C=O) groups is 2. The van der Waals surface area contributed by atoms with Crippen molar-refractivity contribution < 1.29 is 14.3 Å². The number of likely N-dealkylation sites (tertiary alicyclic amines) is 1. The number of carbonyl (C=O) groups excluding carboxylic acids is 2. The van der Waals surface area contributed by atoms with Gasteiger partial charge in [-0.15, -0.1) is 5.10 Å². The Kier molecular flexibility index (Phi) is 5.65. The lowest BCUT2D eigenvalue weighted by atomic mass is 10.1. The molecule has 1 N–H and O–H groups in total. The quantitative estimate of drug-likeness (QED) is 0.803. The summed E-state index contributed by atoms with van der Waals surface area (Å²) < 4.78 is 5.03. The van der Waals surface area contributed by atoms with Crippen LogP contribution in [0, 0.1) is 0 Å². The fourth-order valence-electron chi connectivity index (χ4n) is 3.34. The zero-order chi connectivity index (χ0) is 18.5. The van der Waals surface area contributed by atoms with Crippen LogP contribution in [0.5, 0.6) is 0 Å². The van der Waals surface area contributed by atoms with E-state index in [2.05, 4.69) is 34.5 Å². The van der Waals surface area contributed by atoms with E-state index in [9.17, 15) is 9.59 Å². The lowest BCUT2D eigenvalue weighted by molar-refractivity contribution is -0.131. The topological polar surface area (TPSA) is 88.2 Å². The fourth-order valence-corrected chi connectivity index (χ4v) is 3.34. The molecule has 0 spiro atoms. The Morgan fingerprint density at radius 1 is 1.19 bits per heavy atom. The van der Waals surface area contributed by atoms with Gasteiger partial charge in [0.05, 0.1) is 19.1 Å². The zero-order valence-electron chi connectivity index (χ0n) is 15.2. The molecule has 0 saturated carbocycles. The second-order valence-electron chi connectivity index (χ2n) is 6.37. The van der Waals surface area contributed by atoms with Gasteiger partial charge < -0.3 is 9.64 Å². The fraction of sp³-hybridized carbons (Fsp3) is 0.474. The summed E-state index contributed by atoms with van der Waals surface area (Å²) in [6.45, 7) is 4.78. The molecule has 1 unspecified atom stereocenters. The highest BCUT2D eigenvalue weighted by Crippen LogP contribution is 2.32. The van der Waals surface area contributed by atoms with Crippen molar-refractivity contribution in [3.63, 3.8) is 0 Å². The Balaban J connectivity index is 1.74. The normalized spacial score (nSPS) is 16.7. The second kappa shape index (κ2) is 8.12. The monoisotopic (exact) mass is 356 g/mol. The van der Waals surface area contributed by atoms with Crippen LogP contribution in [-0.4, -0.2) is 45.3 Å². The largest absolute Gasteiger partial charge is 0.461 e. The highest BCUT2D eigenvalue weighted by Gasteiger charge is 2.35. The van der Waals surface area contributed by atoms with E-state index in [0.29, 0.717) is 18.7 Å². The number of aromatic nitrogens is 3. The predicted molar refractivity (Wildman–Crippen MR) is 95.6 cm³/mol. The number of hydrogen-bond donors (Lipinski definition) is 1. The van der Waals surface area contributed by atoms with Gasteiger partial charge in [-0.1, -0.05) is 31.2 Å². The number of rotatable bonds is 6. The van der Waals surface area contributed by atoms with Crippen LogP contribution < -0.4 is 0 Å². The number of esters is 1. The van der Waals surface area contributed by atoms with Crippen molar-refractivity contribution in [3.05, 3.63) is 46.8 Å². The smallest absolute Gasteiger partial charge is 0.360 e. The molecular weight excluding hydrogens is 332 g/mol. The molecule has 0 aliphatic carbocycles. The van der Waals surface area contributed by atoms with Crippen LogP contribution >= 0.6 is 0 Å². The minimum atomic E-state index is -0.509. The minimum Gasteiger partial charge on any atom is -0.461 e. The number of aryl methyl sites for hydroxylation is 1. The van der Waals surface area contributed by atoms with Crippen molar-refractivity contribution in [3.8, 4) is 0 Å². The molecule has 1 aliphatic heterocycles. The molecule has 2 aromatic rings. The maximum absolute atomic E-state index is 12.8. The van der Waals surface area contributed by atoms with Gasteiger partial charge in [-0.05, 0) is 37.3 Å². The van der Waals surface area contributed by atoms with Crippen LogP contribution in [0.4, 0.5) is 0 Å². The lowest BCUT2D eigenvalue weighted by Crippen LogP contribution is -2.32. The number of aromatic amines is 1. The zero-order valence-corrected chi connectivity index (χ0v) is 15.2. The second-order valence-corrected chi connectivity index (χ2v) is 6.37. The van der Waals surface area contributed by atoms with Crippen molar-refractivity contribution in [2.24, 2.45) is 0 Å². The van der Waals surface area contributed by atoms with Gasteiger partial charge in [0.25, 0.3) is 0 Å². The van der Waals surface area contributed by atoms with Crippen LogP contribution in [0.2, 0.25) is 0 Å². The summed E-state index contributed by atoms with van der Waals surface area (Å²) in [6, 6.07) is 7.88. The Labute approximate surface area is 152 Å². The number of hydrogen-bond acceptors (Lipinski definition) is 5. The number of benzene rings is 1. The molecule has 26 heavy (non-hydrogen) atoms. The molecule has 0 radical (unpaired) electrons. The van der Waals surface area contributed by atoms with Gasteiger partial charge in [0.2, 0.25) is 5.91 Å². The molecule has 1 aliphatic rings. The maximum Gasteiger partial charge on any atom is 0.360 e. The molecule has 0 bridgehead atoms. The molecule has 1 atom stereocenters. The third kappa shape index (κ3) is 3.76. The van der Waals surface area contributed by atoms with Crippen LogP contribution in [-0.2, 0) is 22.4 Å². The van der Waals surface area contributed by atoms with Gasteiger partial charge in [0.15, 0.2) is 5.69 Å². The molecule has 7 heteroatoms. The molecule has 1 fully saturated rings. The predicted octanol–water partition coefficient (Wildman–Crippen LogP) is 2.45. The molecule has 138 valence electrons. The van der Waals surface area contributed by atoms with Gasteiger partial charge in [-0.3, -0.25) is 4.79 Å². The summed E-state index contributed by atoms with van der Waals surface area (Å²) in [5.41, 5.74) is 2.91. The molecule has 1 saturated heterocycles. The number of nitrogens with one attached hydrogen (secondary N) is 1. The first-order valence-corrected chi connectivity index (χ1v) is 9.09. The third-order valence-corrected chi connectivity index (χ3v) is 4.72. The van der Waals surface area contributed by atoms with E-state index in [1.54, 1.807) is 11.8 Å². The Bertz CT molecular complexity index is 769. The number of nitrogens with zero attached hydrogens (tertiary/aromatic N) is 3. The third-order valence-electron chi connectivity index (χ3n) is 4.72. The molecule has 2 heterocycles. The number of ether oxygens (including phenoxy) is 1. The average Bonchev–Trinajstić information content (AvgIpc) is 3.31. The summed E-state index contributed by atoms with van der Waals surface area (Å²) in [6.07, 6.45) is 2.96. The number of H-pyrrole nitrogens is 1. The number of amides is 1. The van der Waals surface area contributed by atoms with E-state index in [4.69, 9.17) is 4.74 Å². The Morgan fingerprint density at radius 2 is 1.92 bits per heavy atom. The highest BCUT2D eigenvalue weighted by atomic mass is 16.5. The summed E-state index contributed by atoms with van der Waals surface area (Å²) in [4.78, 5) is 26.7. The van der Waals surface area contributed by atoms with Crippen molar-refractivity contribution in [1.82, 2.24) is 20.3 Å². The molecule has 7 nitrogen and oxygen atoms in total. The maximum atomic E-state index is 12.8. The van der Waals surface area contributed by atoms with Crippen LogP contribution in [0.15, 0.2) is 24.3 Å². The Hall–Kier alpha value is -2.70. The first kappa shape index (κ1) is 18.1. The van der Waals surface area contributed by atoms with Crippen molar-refractivity contribution >= 4 is 11.9 Å². The Morgan fingerprint density at radius 3 is 2.62 bits per heavy atom. The van der Waals surface area contributed by atoms with Crippen molar-refractivity contribution in [2.75, 3.05) is 13.2 Å². The van der Waals surface area contributed by atoms with E-state index in [1.807, 2.05) is 12.1 Å². The summed E-state index contributed by atoms with van der Waals surface area (Å²) in [5, 5.41) is 10.6. The summed E-state index contributed by atoms with van der Waals surface area (Å²) in [5.74, 6) is -0.472. The van der Waals surface area contributed by atoms with Crippen molar-refractivity contribution in [1.29, 1.82) is 0 Å². The van der Waals surface area contributed by atoms with E-state index in [-0.39, 0.29) is 24.2 Å². The van der Waals surface area contributed by atoms with Crippen LogP contribution in [0.1, 0.15) is 60.0 Å². The van der Waals surface area contributed by atoms with Crippen molar-refractivity contribution in [2.45, 2.75) is 45.6 Å². The van der Waals surface area contributed by atoms with Crippen LogP contribution in [0.25, 0.3) is 0 Å². The van der Waals surface area contributed by atoms with Crippen LogP contribution in [0.3, 0.4) is 0 Å². The highest BCUT2D eigenvalue weighted by molar-refractivity contribution is 5.89. The van der Waals surface area contributed by atoms with Gasteiger partial charge >= 0.3 is 5.97 Å². The minimum absolute atomic E-state index is 0.0366.